The summed E-state index contributed by atoms with van der Waals surface area (Å²) >= 11 is 0. The van der Waals surface area contributed by atoms with Crippen molar-refractivity contribution in [2.75, 3.05) is 17.3 Å². The molecule has 0 spiro atoms. The molecule has 1 heterocycles. The van der Waals surface area contributed by atoms with Crippen molar-refractivity contribution in [3.63, 3.8) is 0 Å². The third-order valence-corrected chi connectivity index (χ3v) is 4.70. The minimum Gasteiger partial charge on any atom is -0.368 e. The first-order valence-electron chi connectivity index (χ1n) is 8.94. The van der Waals surface area contributed by atoms with Gasteiger partial charge in [0.1, 0.15) is 17.1 Å². The van der Waals surface area contributed by atoms with Crippen LogP contribution in [0.5, 0.6) is 0 Å². The smallest absolute Gasteiger partial charge is 0.272 e. The van der Waals surface area contributed by atoms with Gasteiger partial charge in [-0.05, 0) is 55.0 Å². The highest BCUT2D eigenvalue weighted by atomic mass is 19.1. The fourth-order valence-electron chi connectivity index (χ4n) is 3.04. The predicted molar refractivity (Wildman–Crippen MR) is 107 cm³/mol. The van der Waals surface area contributed by atoms with Gasteiger partial charge in [-0.2, -0.15) is 0 Å². The van der Waals surface area contributed by atoms with Crippen molar-refractivity contribution >= 4 is 34.8 Å². The summed E-state index contributed by atoms with van der Waals surface area (Å²) in [5.41, 5.74) is 5.49. The van der Waals surface area contributed by atoms with Gasteiger partial charge in [0.05, 0.1) is 6.67 Å². The molecule has 1 atom stereocenters. The van der Waals surface area contributed by atoms with E-state index in [0.717, 1.165) is 0 Å². The maximum Gasteiger partial charge on any atom is 0.272 e. The molecule has 9 heteroatoms. The molecule has 3 rings (SSSR count). The van der Waals surface area contributed by atoms with Crippen molar-refractivity contribution < 1.29 is 18.8 Å². The van der Waals surface area contributed by atoms with Crippen LogP contribution in [0.1, 0.15) is 23.7 Å². The number of carbonyl (C=O) groups excluding carboxylic acids is 3. The third kappa shape index (κ3) is 4.14. The van der Waals surface area contributed by atoms with E-state index in [9.17, 15) is 18.8 Å². The van der Waals surface area contributed by atoms with Crippen molar-refractivity contribution in [1.82, 2.24) is 5.32 Å². The van der Waals surface area contributed by atoms with Gasteiger partial charge in [0.2, 0.25) is 5.91 Å². The van der Waals surface area contributed by atoms with Gasteiger partial charge in [-0.1, -0.05) is 6.92 Å². The summed E-state index contributed by atoms with van der Waals surface area (Å²) in [5, 5.41) is 8.23. The number of anilines is 2. The Hall–Kier alpha value is -3.59. The Morgan fingerprint density at radius 2 is 1.59 bits per heavy atom. The first-order chi connectivity index (χ1) is 13.9. The highest BCUT2D eigenvalue weighted by Crippen LogP contribution is 2.20. The molecule has 8 nitrogen and oxygen atoms in total. The lowest BCUT2D eigenvalue weighted by atomic mass is 9.89. The number of benzene rings is 2. The van der Waals surface area contributed by atoms with Crippen LogP contribution in [0.3, 0.4) is 0 Å². The Labute approximate surface area is 166 Å². The van der Waals surface area contributed by atoms with E-state index in [2.05, 4.69) is 20.9 Å². The zero-order valence-corrected chi connectivity index (χ0v) is 15.7. The number of amides is 3. The number of hydrogen-bond acceptors (Lipinski definition) is 5. The summed E-state index contributed by atoms with van der Waals surface area (Å²) in [6.45, 7) is 1.87. The van der Waals surface area contributed by atoms with Crippen molar-refractivity contribution in [2.45, 2.75) is 18.9 Å². The second-order valence-corrected chi connectivity index (χ2v) is 6.46. The number of aliphatic imine (C=N–C) groups is 1. The number of nitrogens with one attached hydrogen (secondary N) is 3. The Morgan fingerprint density at radius 1 is 1.03 bits per heavy atom. The summed E-state index contributed by atoms with van der Waals surface area (Å²) in [5.74, 6) is -2.00. The topological polar surface area (TPSA) is 126 Å². The average Bonchev–Trinajstić information content (AvgIpc) is 3.15. The first kappa shape index (κ1) is 20.2. The summed E-state index contributed by atoms with van der Waals surface area (Å²) in [6, 6.07) is 11.6. The zero-order chi connectivity index (χ0) is 21.0. The van der Waals surface area contributed by atoms with Crippen LogP contribution in [0, 0.1) is 5.82 Å². The van der Waals surface area contributed by atoms with Crippen molar-refractivity contribution in [2.24, 2.45) is 10.7 Å². The SMILES string of the molecule is CCC1(C(N)=O)NCN=C1C(=O)Nc1ccc(NC(=O)c2ccc(F)cc2)cc1. The van der Waals surface area contributed by atoms with Crippen LogP contribution in [0.15, 0.2) is 53.5 Å². The maximum atomic E-state index is 12.9. The van der Waals surface area contributed by atoms with Crippen LogP contribution in [0.25, 0.3) is 0 Å². The molecule has 150 valence electrons. The van der Waals surface area contributed by atoms with E-state index >= 15 is 0 Å². The lowest BCUT2D eigenvalue weighted by Crippen LogP contribution is -2.59. The van der Waals surface area contributed by atoms with E-state index in [1.807, 2.05) is 0 Å². The van der Waals surface area contributed by atoms with Gasteiger partial charge >= 0.3 is 0 Å². The maximum absolute atomic E-state index is 12.9. The molecule has 1 aliphatic rings. The minimum absolute atomic E-state index is 0.0428. The number of carbonyl (C=O) groups is 3. The van der Waals surface area contributed by atoms with Gasteiger partial charge in [0.25, 0.3) is 11.8 Å². The highest BCUT2D eigenvalue weighted by molar-refractivity contribution is 6.50. The number of primary amides is 1. The van der Waals surface area contributed by atoms with E-state index in [0.29, 0.717) is 23.4 Å². The number of nitrogens with zero attached hydrogens (tertiary/aromatic N) is 1. The lowest BCUT2D eigenvalue weighted by molar-refractivity contribution is -0.122. The van der Waals surface area contributed by atoms with Gasteiger partial charge in [-0.3, -0.25) is 24.7 Å². The second-order valence-electron chi connectivity index (χ2n) is 6.46. The molecular weight excluding hydrogens is 377 g/mol. The minimum atomic E-state index is -1.28. The van der Waals surface area contributed by atoms with Crippen molar-refractivity contribution in [3.8, 4) is 0 Å². The van der Waals surface area contributed by atoms with E-state index in [-0.39, 0.29) is 18.3 Å². The zero-order valence-electron chi connectivity index (χ0n) is 15.7. The number of rotatable bonds is 6. The fourth-order valence-corrected chi connectivity index (χ4v) is 3.04. The van der Waals surface area contributed by atoms with Crippen molar-refractivity contribution in [3.05, 3.63) is 59.9 Å². The molecule has 29 heavy (non-hydrogen) atoms. The first-order valence-corrected chi connectivity index (χ1v) is 8.94. The molecule has 1 unspecified atom stereocenters. The number of hydrogen-bond donors (Lipinski definition) is 4. The normalized spacial score (nSPS) is 18.1. The second kappa shape index (κ2) is 8.19. The molecule has 2 aromatic rings. The summed E-state index contributed by atoms with van der Waals surface area (Å²) in [6.07, 6.45) is 0.295. The quantitative estimate of drug-likeness (QED) is 0.591. The van der Waals surface area contributed by atoms with Gasteiger partial charge in [-0.15, -0.1) is 0 Å². The molecule has 0 radical (unpaired) electrons. The summed E-state index contributed by atoms with van der Waals surface area (Å²) in [4.78, 5) is 40.7. The third-order valence-electron chi connectivity index (χ3n) is 4.70. The molecule has 0 bridgehead atoms. The largest absolute Gasteiger partial charge is 0.368 e. The molecule has 2 aromatic carbocycles. The summed E-state index contributed by atoms with van der Waals surface area (Å²) in [7, 11) is 0. The highest BCUT2D eigenvalue weighted by Gasteiger charge is 2.46. The Morgan fingerprint density at radius 3 is 2.10 bits per heavy atom. The summed E-state index contributed by atoms with van der Waals surface area (Å²) < 4.78 is 12.9. The molecule has 0 aromatic heterocycles. The van der Waals surface area contributed by atoms with Crippen LogP contribution in [-0.2, 0) is 9.59 Å². The Balaban J connectivity index is 1.66. The van der Waals surface area contributed by atoms with Gasteiger partial charge < -0.3 is 16.4 Å². The van der Waals surface area contributed by atoms with Crippen molar-refractivity contribution in [1.29, 1.82) is 0 Å². The fraction of sp³-hybridized carbons (Fsp3) is 0.200. The standard InChI is InChI=1S/C20H20FN5O3/c1-2-20(19(22)29)16(23-11-24-20)18(28)26-15-9-7-14(8-10-15)25-17(27)12-3-5-13(21)6-4-12/h3-10,24H,2,11H2,1H3,(H2,22,29)(H,25,27)(H,26,28). The molecule has 0 fully saturated rings. The van der Waals surface area contributed by atoms with Crippen LogP contribution in [-0.4, -0.2) is 35.6 Å². The predicted octanol–water partition coefficient (Wildman–Crippen LogP) is 1.65. The van der Waals surface area contributed by atoms with Crippen LogP contribution in [0.4, 0.5) is 15.8 Å². The molecule has 3 amide bonds. The van der Waals surface area contributed by atoms with Gasteiger partial charge in [-0.25, -0.2) is 4.39 Å². The molecule has 1 aliphatic heterocycles. The van der Waals surface area contributed by atoms with Crippen LogP contribution < -0.4 is 21.7 Å². The Kier molecular flexibility index (Phi) is 5.69. The van der Waals surface area contributed by atoms with E-state index in [4.69, 9.17) is 5.73 Å². The van der Waals surface area contributed by atoms with E-state index in [1.165, 1.54) is 24.3 Å². The molecule has 0 saturated heterocycles. The lowest BCUT2D eigenvalue weighted by Gasteiger charge is -2.25. The molecule has 0 aliphatic carbocycles. The van der Waals surface area contributed by atoms with E-state index < -0.39 is 23.2 Å². The van der Waals surface area contributed by atoms with Crippen LogP contribution >= 0.6 is 0 Å². The molecule has 0 saturated carbocycles. The van der Waals surface area contributed by atoms with Gasteiger partial charge in [0, 0.05) is 16.9 Å². The van der Waals surface area contributed by atoms with Gasteiger partial charge in [0.15, 0.2) is 0 Å². The Bertz CT molecular complexity index is 973. The van der Waals surface area contributed by atoms with Crippen LogP contribution in [0.2, 0.25) is 0 Å². The number of halogens is 1. The average molecular weight is 397 g/mol. The molecule has 5 N–H and O–H groups in total. The van der Waals surface area contributed by atoms with E-state index in [1.54, 1.807) is 31.2 Å². The monoisotopic (exact) mass is 397 g/mol. The molecular formula is C20H20FN5O3. The number of nitrogens with two attached hydrogens (primary N) is 1.